The number of imide groups is 1. The summed E-state index contributed by atoms with van der Waals surface area (Å²) in [5, 5.41) is 0. The number of rotatable bonds is 6. The number of benzene rings is 2. The van der Waals surface area contributed by atoms with Gasteiger partial charge < -0.3 is 0 Å². The second-order valence-electron chi connectivity index (χ2n) is 7.43. The molecule has 0 N–H and O–H groups in total. The lowest BCUT2D eigenvalue weighted by molar-refractivity contribution is -0.139. The maximum Gasteiger partial charge on any atom is 0.416 e. The van der Waals surface area contributed by atoms with Gasteiger partial charge in [0.05, 0.1) is 12.1 Å². The summed E-state index contributed by atoms with van der Waals surface area (Å²) in [4.78, 5) is 24.9. The molecule has 3 nitrogen and oxygen atoms in total. The maximum atomic E-state index is 13.3. The van der Waals surface area contributed by atoms with Crippen LogP contribution in [0.25, 0.3) is 0 Å². The highest BCUT2D eigenvalue weighted by atomic mass is 19.4. The van der Waals surface area contributed by atoms with Crippen LogP contribution in [0.1, 0.15) is 42.4 Å². The zero-order valence-electron chi connectivity index (χ0n) is 15.2. The molecule has 28 heavy (non-hydrogen) atoms. The molecule has 2 aromatic carbocycles. The van der Waals surface area contributed by atoms with Crippen LogP contribution in [0.15, 0.2) is 48.5 Å². The Labute approximate surface area is 160 Å². The number of halogens is 4. The van der Waals surface area contributed by atoms with Gasteiger partial charge in [-0.05, 0) is 41.0 Å². The molecule has 2 atom stereocenters. The standard InChI is InChI=1S/C21H19F4NO2/c1-20(11-19(28)26(13-27)12-14-5-3-2-4-6-14)10-18(20)16-8-7-15(22)9-17(16)21(23,24)25/h2-9,13,18H,10-12H2,1H3/t18-,20-/m0/s1. The van der Waals surface area contributed by atoms with Gasteiger partial charge in [-0.15, -0.1) is 0 Å². The summed E-state index contributed by atoms with van der Waals surface area (Å²) in [6, 6.07) is 11.6. The Bertz CT molecular complexity index is 882. The molecule has 2 aromatic rings. The van der Waals surface area contributed by atoms with Gasteiger partial charge in [0.2, 0.25) is 12.3 Å². The van der Waals surface area contributed by atoms with E-state index in [1.165, 1.54) is 0 Å². The average Bonchev–Trinajstić information content (AvgIpc) is 3.30. The number of alkyl halides is 3. The van der Waals surface area contributed by atoms with E-state index in [0.717, 1.165) is 22.6 Å². The third kappa shape index (κ3) is 4.24. The fourth-order valence-corrected chi connectivity index (χ4v) is 3.58. The number of hydrogen-bond donors (Lipinski definition) is 0. The van der Waals surface area contributed by atoms with E-state index in [4.69, 9.17) is 0 Å². The minimum atomic E-state index is -4.67. The lowest BCUT2D eigenvalue weighted by atomic mass is 9.93. The molecule has 148 valence electrons. The number of carbonyl (C=O) groups excluding carboxylic acids is 2. The second-order valence-corrected chi connectivity index (χ2v) is 7.43. The largest absolute Gasteiger partial charge is 0.416 e. The highest BCUT2D eigenvalue weighted by Crippen LogP contribution is 2.62. The van der Waals surface area contributed by atoms with Crippen molar-refractivity contribution in [2.75, 3.05) is 0 Å². The molecule has 0 heterocycles. The zero-order chi connectivity index (χ0) is 20.5. The monoisotopic (exact) mass is 393 g/mol. The summed E-state index contributed by atoms with van der Waals surface area (Å²) >= 11 is 0. The van der Waals surface area contributed by atoms with Crippen molar-refractivity contribution in [1.82, 2.24) is 4.90 Å². The van der Waals surface area contributed by atoms with E-state index in [9.17, 15) is 27.2 Å². The number of nitrogens with zero attached hydrogens (tertiary/aromatic N) is 1. The SMILES string of the molecule is C[C@@]1(CC(=O)N(C=O)Cc2ccccc2)C[C@H]1c1ccc(F)cc1C(F)(F)F. The van der Waals surface area contributed by atoms with Gasteiger partial charge in [0.1, 0.15) is 5.82 Å². The quantitative estimate of drug-likeness (QED) is 0.516. The molecule has 0 spiro atoms. The van der Waals surface area contributed by atoms with Crippen LogP contribution >= 0.6 is 0 Å². The number of amides is 2. The van der Waals surface area contributed by atoms with Crippen molar-refractivity contribution < 1.29 is 27.2 Å². The lowest BCUT2D eigenvalue weighted by Crippen LogP contribution is -2.30. The summed E-state index contributed by atoms with van der Waals surface area (Å²) in [7, 11) is 0. The van der Waals surface area contributed by atoms with E-state index in [0.29, 0.717) is 18.9 Å². The zero-order valence-corrected chi connectivity index (χ0v) is 15.2. The Morgan fingerprint density at radius 2 is 1.89 bits per heavy atom. The Morgan fingerprint density at radius 1 is 1.21 bits per heavy atom. The molecule has 7 heteroatoms. The first-order valence-electron chi connectivity index (χ1n) is 8.79. The highest BCUT2D eigenvalue weighted by molar-refractivity contribution is 5.87. The van der Waals surface area contributed by atoms with Crippen LogP contribution in [0.2, 0.25) is 0 Å². The number of hydrogen-bond acceptors (Lipinski definition) is 2. The van der Waals surface area contributed by atoms with Gasteiger partial charge in [0, 0.05) is 6.42 Å². The Kier molecular flexibility index (Phi) is 5.28. The van der Waals surface area contributed by atoms with E-state index >= 15 is 0 Å². The molecule has 0 unspecified atom stereocenters. The van der Waals surface area contributed by atoms with Gasteiger partial charge in [0.25, 0.3) is 0 Å². The molecule has 1 aliphatic rings. The Morgan fingerprint density at radius 3 is 2.50 bits per heavy atom. The molecule has 1 saturated carbocycles. The van der Waals surface area contributed by atoms with Crippen molar-refractivity contribution in [2.24, 2.45) is 5.41 Å². The fourth-order valence-electron chi connectivity index (χ4n) is 3.58. The van der Waals surface area contributed by atoms with Crippen LogP contribution in [0.3, 0.4) is 0 Å². The first-order chi connectivity index (χ1) is 13.1. The number of carbonyl (C=O) groups is 2. The van der Waals surface area contributed by atoms with Gasteiger partial charge >= 0.3 is 6.18 Å². The predicted molar refractivity (Wildman–Crippen MR) is 94.5 cm³/mol. The van der Waals surface area contributed by atoms with Crippen LogP contribution in [-0.4, -0.2) is 17.2 Å². The molecule has 1 aliphatic carbocycles. The molecular weight excluding hydrogens is 374 g/mol. The van der Waals surface area contributed by atoms with Gasteiger partial charge in [-0.25, -0.2) is 4.39 Å². The second kappa shape index (κ2) is 7.37. The van der Waals surface area contributed by atoms with Gasteiger partial charge in [0.15, 0.2) is 0 Å². The van der Waals surface area contributed by atoms with Gasteiger partial charge in [-0.2, -0.15) is 13.2 Å². The molecule has 2 amide bonds. The third-order valence-corrected chi connectivity index (χ3v) is 5.25. The smallest absolute Gasteiger partial charge is 0.281 e. The van der Waals surface area contributed by atoms with Gasteiger partial charge in [-0.1, -0.05) is 43.3 Å². The molecule has 0 saturated heterocycles. The fraction of sp³-hybridized carbons (Fsp3) is 0.333. The van der Waals surface area contributed by atoms with Crippen LogP contribution in [0.5, 0.6) is 0 Å². The van der Waals surface area contributed by atoms with E-state index in [-0.39, 0.29) is 18.5 Å². The first kappa shape index (κ1) is 20.0. The van der Waals surface area contributed by atoms with Crippen molar-refractivity contribution in [2.45, 2.75) is 38.4 Å². The summed E-state index contributed by atoms with van der Waals surface area (Å²) in [5.41, 5.74) is -0.944. The van der Waals surface area contributed by atoms with Crippen LogP contribution in [-0.2, 0) is 22.3 Å². The summed E-state index contributed by atoms with van der Waals surface area (Å²) in [5.74, 6) is -1.91. The lowest BCUT2D eigenvalue weighted by Gasteiger charge is -2.20. The van der Waals surface area contributed by atoms with Crippen molar-refractivity contribution in [3.05, 3.63) is 71.0 Å². The van der Waals surface area contributed by atoms with Crippen LogP contribution < -0.4 is 0 Å². The Hall–Kier alpha value is -2.70. The molecule has 0 radical (unpaired) electrons. The van der Waals surface area contributed by atoms with E-state index in [1.54, 1.807) is 31.2 Å². The molecule has 0 aromatic heterocycles. The molecule has 1 fully saturated rings. The van der Waals surface area contributed by atoms with E-state index < -0.39 is 34.8 Å². The molecular formula is C21H19F4NO2. The predicted octanol–water partition coefficient (Wildman–Crippen LogP) is 4.91. The molecule has 3 rings (SSSR count). The Balaban J connectivity index is 1.74. The van der Waals surface area contributed by atoms with Crippen molar-refractivity contribution in [3.8, 4) is 0 Å². The summed E-state index contributed by atoms with van der Waals surface area (Å²) < 4.78 is 53.1. The molecule has 0 aliphatic heterocycles. The van der Waals surface area contributed by atoms with E-state index in [2.05, 4.69) is 0 Å². The summed E-state index contributed by atoms with van der Waals surface area (Å²) in [6.45, 7) is 1.82. The van der Waals surface area contributed by atoms with Crippen molar-refractivity contribution in [1.29, 1.82) is 0 Å². The highest BCUT2D eigenvalue weighted by Gasteiger charge is 2.54. The normalized spacial score (nSPS) is 21.2. The van der Waals surface area contributed by atoms with Crippen molar-refractivity contribution >= 4 is 12.3 Å². The minimum absolute atomic E-state index is 0.00934. The topological polar surface area (TPSA) is 37.4 Å². The minimum Gasteiger partial charge on any atom is -0.281 e. The first-order valence-corrected chi connectivity index (χ1v) is 8.79. The third-order valence-electron chi connectivity index (χ3n) is 5.25. The van der Waals surface area contributed by atoms with Crippen molar-refractivity contribution in [3.63, 3.8) is 0 Å². The van der Waals surface area contributed by atoms with Crippen LogP contribution in [0, 0.1) is 11.2 Å². The van der Waals surface area contributed by atoms with Gasteiger partial charge in [-0.3, -0.25) is 14.5 Å². The summed E-state index contributed by atoms with van der Waals surface area (Å²) in [6.07, 6.45) is -3.92. The average molecular weight is 393 g/mol. The van der Waals surface area contributed by atoms with E-state index in [1.807, 2.05) is 6.07 Å². The maximum absolute atomic E-state index is 13.3. The van der Waals surface area contributed by atoms with Crippen LogP contribution in [0.4, 0.5) is 17.6 Å². The molecule has 0 bridgehead atoms.